The molecule has 34 N–H and O–H groups in total. The molecular formula is C14H34N16O2. The van der Waals surface area contributed by atoms with Gasteiger partial charge < -0.3 is 102 Å². The van der Waals surface area contributed by atoms with Crippen LogP contribution in [0.5, 0.6) is 11.5 Å². The zero-order chi connectivity index (χ0) is 25.5. The van der Waals surface area contributed by atoms with Gasteiger partial charge in [0.05, 0.1) is 0 Å². The average Bonchev–Trinajstić information content (AvgIpc) is 2.59. The van der Waals surface area contributed by atoms with E-state index in [-0.39, 0.29) is 0 Å². The minimum Gasteiger partial charge on any atom is -0.504 e. The van der Waals surface area contributed by atoms with Gasteiger partial charge in [-0.3, -0.25) is 0 Å². The van der Waals surface area contributed by atoms with Crippen LogP contribution in [-0.4, -0.2) is 32.9 Å². The number of rotatable bonds is 0. The number of hydrogen-bond donors (Lipinski definition) is 18. The van der Waals surface area contributed by atoms with Gasteiger partial charge in [-0.1, -0.05) is 0 Å². The molecule has 32 heavy (non-hydrogen) atoms. The first-order chi connectivity index (χ1) is 13.8. The van der Waals surface area contributed by atoms with E-state index in [0.29, 0.717) is 0 Å². The van der Waals surface area contributed by atoms with E-state index in [1.165, 1.54) is 0 Å². The number of phenols is 2. The zero-order valence-electron chi connectivity index (χ0n) is 17.1. The summed E-state index contributed by atoms with van der Waals surface area (Å²) >= 11 is 0. The lowest BCUT2D eigenvalue weighted by atomic mass is 9.56. The zero-order valence-corrected chi connectivity index (χ0v) is 17.1. The SMILES string of the molecule is NC1(N)c2c(O)c(O)c3c(c2C(N)(N)C(N)(N)C1(N)N)C(N)(N)C(N)(N)C(N)(N)C3(N)N. The van der Waals surface area contributed by atoms with Crippen LogP contribution in [0.25, 0.3) is 0 Å². The van der Waals surface area contributed by atoms with Gasteiger partial charge in [-0.15, -0.1) is 0 Å². The highest BCUT2D eigenvalue weighted by atomic mass is 16.3. The molecule has 1 aromatic rings. The van der Waals surface area contributed by atoms with Crippen molar-refractivity contribution in [1.82, 2.24) is 0 Å². The fourth-order valence-corrected chi connectivity index (χ4v) is 4.55. The third-order valence-electron chi connectivity index (χ3n) is 7.21. The summed E-state index contributed by atoms with van der Waals surface area (Å²) in [5.74, 6) is -2.10. The Bertz CT molecular complexity index is 943. The van der Waals surface area contributed by atoms with Crippen LogP contribution in [0, 0.1) is 0 Å². The summed E-state index contributed by atoms with van der Waals surface area (Å²) in [7, 11) is 0. The Morgan fingerprint density at radius 2 is 0.469 bits per heavy atom. The smallest absolute Gasteiger partial charge is 0.164 e. The van der Waals surface area contributed by atoms with Crippen molar-refractivity contribution < 1.29 is 10.2 Å². The van der Waals surface area contributed by atoms with Crippen LogP contribution in [-0.2, 0) is 22.7 Å². The molecule has 0 unspecified atom stereocenters. The molecule has 0 bridgehead atoms. The van der Waals surface area contributed by atoms with E-state index in [0.717, 1.165) is 0 Å². The normalized spacial score (nSPS) is 29.0. The van der Waals surface area contributed by atoms with Gasteiger partial charge in [-0.2, -0.15) is 0 Å². The standard InChI is InChI=1S/C14H34N16O2/c15-7(16)1-2-4(10(21,22)14(29,30)12(25,26)8(2,17)18)6(32)5(31)3(1)9(19,20)13(27,28)11(7,23)24/h31-32H,15-30H2. The van der Waals surface area contributed by atoms with Gasteiger partial charge in [0.2, 0.25) is 0 Å². The van der Waals surface area contributed by atoms with Crippen molar-refractivity contribution in [2.75, 3.05) is 0 Å². The van der Waals surface area contributed by atoms with Gasteiger partial charge in [0.15, 0.2) is 11.5 Å². The lowest BCUT2D eigenvalue weighted by Gasteiger charge is -2.64. The van der Waals surface area contributed by atoms with Gasteiger partial charge in [-0.25, -0.2) is 0 Å². The van der Waals surface area contributed by atoms with Crippen molar-refractivity contribution in [1.29, 1.82) is 0 Å². The van der Waals surface area contributed by atoms with Crippen molar-refractivity contribution in [2.45, 2.75) is 45.3 Å². The molecule has 0 fully saturated rings. The maximum absolute atomic E-state index is 10.9. The Hall–Kier alpha value is -1.82. The highest BCUT2D eigenvalue weighted by Crippen LogP contribution is 2.57. The molecule has 0 heterocycles. The molecule has 0 spiro atoms. The molecule has 2 aliphatic rings. The topological polar surface area (TPSA) is 457 Å². The van der Waals surface area contributed by atoms with Gasteiger partial charge in [0.25, 0.3) is 0 Å². The van der Waals surface area contributed by atoms with Crippen LogP contribution in [0.15, 0.2) is 0 Å². The predicted octanol–water partition coefficient (Wildman–Crippen LogP) is -10.1. The first-order valence-corrected chi connectivity index (χ1v) is 9.07. The summed E-state index contributed by atoms with van der Waals surface area (Å²) < 4.78 is 0. The molecule has 3 rings (SSSR count). The van der Waals surface area contributed by atoms with Crippen molar-refractivity contribution >= 4 is 0 Å². The lowest BCUT2D eigenvalue weighted by Crippen LogP contribution is -2.99. The first-order valence-electron chi connectivity index (χ1n) is 9.07. The fourth-order valence-electron chi connectivity index (χ4n) is 4.55. The molecular weight excluding hydrogens is 424 g/mol. The second-order valence-electron chi connectivity index (χ2n) is 9.15. The molecule has 0 saturated heterocycles. The van der Waals surface area contributed by atoms with Gasteiger partial charge >= 0.3 is 0 Å². The van der Waals surface area contributed by atoms with E-state index in [2.05, 4.69) is 0 Å². The summed E-state index contributed by atoms with van der Waals surface area (Å²) in [4.78, 5) is 0. The van der Waals surface area contributed by atoms with Crippen molar-refractivity contribution in [3.63, 3.8) is 0 Å². The minimum atomic E-state index is -2.53. The van der Waals surface area contributed by atoms with Crippen LogP contribution >= 0.6 is 0 Å². The number of phenolic OH excluding ortho intramolecular Hbond substituents is 2. The Morgan fingerprint density at radius 1 is 0.312 bits per heavy atom. The van der Waals surface area contributed by atoms with E-state index < -0.39 is 79.1 Å². The van der Waals surface area contributed by atoms with Crippen LogP contribution in [0.2, 0.25) is 0 Å². The van der Waals surface area contributed by atoms with E-state index in [1.807, 2.05) is 0 Å². The summed E-state index contributed by atoms with van der Waals surface area (Å²) in [6, 6.07) is 0. The van der Waals surface area contributed by atoms with Crippen molar-refractivity contribution in [2.24, 2.45) is 91.7 Å². The Balaban J connectivity index is 2.76. The minimum absolute atomic E-state index is 0.523. The number of fused-ring (bicyclic) bond motifs is 3. The van der Waals surface area contributed by atoms with Crippen LogP contribution in [0.3, 0.4) is 0 Å². The molecule has 0 aromatic heterocycles. The molecule has 182 valence electrons. The van der Waals surface area contributed by atoms with Crippen LogP contribution in [0.1, 0.15) is 22.3 Å². The largest absolute Gasteiger partial charge is 0.504 e. The Morgan fingerprint density at radius 3 is 0.656 bits per heavy atom. The summed E-state index contributed by atoms with van der Waals surface area (Å²) in [5.41, 5.74) is 76.3. The third-order valence-corrected chi connectivity index (χ3v) is 7.21. The van der Waals surface area contributed by atoms with Crippen LogP contribution < -0.4 is 91.7 Å². The van der Waals surface area contributed by atoms with Crippen molar-refractivity contribution in [3.8, 4) is 11.5 Å². The summed E-state index contributed by atoms with van der Waals surface area (Å²) in [6.07, 6.45) is 0. The monoisotopic (exact) mass is 458 g/mol. The predicted molar refractivity (Wildman–Crippen MR) is 114 cm³/mol. The van der Waals surface area contributed by atoms with Crippen molar-refractivity contribution in [3.05, 3.63) is 22.3 Å². The Kier molecular flexibility index (Phi) is 4.36. The van der Waals surface area contributed by atoms with E-state index in [9.17, 15) is 10.2 Å². The number of benzene rings is 1. The Labute approximate surface area is 181 Å². The van der Waals surface area contributed by atoms with Gasteiger partial charge in [-0.05, 0) is 0 Å². The quantitative estimate of drug-likeness (QED) is 0.126. The molecule has 1 aromatic carbocycles. The molecule has 0 radical (unpaired) electrons. The number of nitrogens with two attached hydrogens (primary N) is 16. The first kappa shape index (κ1) is 24.8. The highest BCUT2D eigenvalue weighted by Gasteiger charge is 2.73. The third kappa shape index (κ3) is 2.07. The molecule has 0 amide bonds. The van der Waals surface area contributed by atoms with E-state index in [1.54, 1.807) is 0 Å². The second-order valence-corrected chi connectivity index (χ2v) is 9.15. The average molecular weight is 459 g/mol. The van der Waals surface area contributed by atoms with E-state index in [4.69, 9.17) is 91.7 Å². The second kappa shape index (κ2) is 5.63. The lowest BCUT2D eigenvalue weighted by molar-refractivity contribution is 0.0102. The molecule has 0 aliphatic heterocycles. The maximum Gasteiger partial charge on any atom is 0.164 e. The number of aromatic hydroxyl groups is 2. The van der Waals surface area contributed by atoms with Gasteiger partial charge in [0.1, 0.15) is 45.3 Å². The fraction of sp³-hybridized carbons (Fsp3) is 0.571. The molecule has 0 saturated carbocycles. The summed E-state index contributed by atoms with van der Waals surface area (Å²) in [5, 5.41) is 21.8. The molecule has 18 nitrogen and oxygen atoms in total. The van der Waals surface area contributed by atoms with E-state index >= 15 is 0 Å². The maximum atomic E-state index is 10.9. The molecule has 18 heteroatoms. The van der Waals surface area contributed by atoms with Gasteiger partial charge in [0, 0.05) is 22.3 Å². The number of hydrogen-bond acceptors (Lipinski definition) is 18. The highest BCUT2D eigenvalue weighted by molar-refractivity contribution is 5.71. The summed E-state index contributed by atoms with van der Waals surface area (Å²) in [6.45, 7) is 0. The van der Waals surface area contributed by atoms with Crippen LogP contribution in [0.4, 0.5) is 0 Å². The molecule has 0 atom stereocenters. The molecule has 2 aliphatic carbocycles.